The highest BCUT2D eigenvalue weighted by Crippen LogP contribution is 2.33. The van der Waals surface area contributed by atoms with Gasteiger partial charge in [-0.1, -0.05) is 30.3 Å². The van der Waals surface area contributed by atoms with Crippen LogP contribution in [0.15, 0.2) is 77.5 Å². The minimum atomic E-state index is -0.753. The number of carbonyl (C=O) groups excluding carboxylic acids is 2. The van der Waals surface area contributed by atoms with Gasteiger partial charge in [-0.2, -0.15) is 5.10 Å². The van der Waals surface area contributed by atoms with E-state index in [0.29, 0.717) is 11.1 Å². The van der Waals surface area contributed by atoms with E-state index in [2.05, 4.69) is 15.8 Å². The van der Waals surface area contributed by atoms with E-state index >= 15 is 0 Å². The minimum Gasteiger partial charge on any atom is -0.504 e. The van der Waals surface area contributed by atoms with Crippen molar-refractivity contribution >= 4 is 35.5 Å². The quantitative estimate of drug-likeness (QED) is 0.161. The van der Waals surface area contributed by atoms with Gasteiger partial charge in [-0.25, -0.2) is 5.43 Å². The number of nitro benzene ring substituents is 1. The number of phenols is 1. The average molecular weight is 518 g/mol. The van der Waals surface area contributed by atoms with E-state index in [1.165, 1.54) is 6.08 Å². The molecule has 3 N–H and O–H groups in total. The van der Waals surface area contributed by atoms with E-state index in [1.807, 2.05) is 31.1 Å². The summed E-state index contributed by atoms with van der Waals surface area (Å²) in [4.78, 5) is 38.3. The third kappa shape index (κ3) is 7.17. The van der Waals surface area contributed by atoms with E-state index in [1.54, 1.807) is 49.4 Å². The highest BCUT2D eigenvalue weighted by molar-refractivity contribution is 6.05. The normalized spacial score (nSPS) is 11.2. The molecule has 0 bridgehead atoms. The molecule has 0 spiro atoms. The number of nitrogens with one attached hydrogen (secondary N) is 2. The standard InChI is InChI=1S/C27H27N5O6/c1-4-38-24-16-22(32(36)37)15-20(25(24)33)17-28-30-27(35)23(29-26(34)19-8-6-5-7-9-19)14-18-10-12-21(13-11-18)31(2)3/h5-17,33H,4H2,1-3H3,(H,29,34)(H,30,35). The largest absolute Gasteiger partial charge is 0.504 e. The highest BCUT2D eigenvalue weighted by atomic mass is 16.6. The smallest absolute Gasteiger partial charge is 0.287 e. The summed E-state index contributed by atoms with van der Waals surface area (Å²) >= 11 is 0. The van der Waals surface area contributed by atoms with E-state index in [0.717, 1.165) is 24.0 Å². The topological polar surface area (TPSA) is 146 Å². The Labute approximate surface area is 219 Å². The molecule has 0 fully saturated rings. The van der Waals surface area contributed by atoms with E-state index < -0.39 is 16.7 Å². The summed E-state index contributed by atoms with van der Waals surface area (Å²) in [7, 11) is 3.80. The van der Waals surface area contributed by atoms with Gasteiger partial charge in [0.2, 0.25) is 0 Å². The number of phenolic OH excluding ortho intramolecular Hbond substituents is 1. The second kappa shape index (κ2) is 12.7. The summed E-state index contributed by atoms with van der Waals surface area (Å²) in [6.45, 7) is 1.84. The lowest BCUT2D eigenvalue weighted by Crippen LogP contribution is -2.32. The van der Waals surface area contributed by atoms with Crippen LogP contribution in [0.2, 0.25) is 0 Å². The number of hydrazone groups is 1. The van der Waals surface area contributed by atoms with E-state index in [4.69, 9.17) is 4.74 Å². The van der Waals surface area contributed by atoms with Crippen molar-refractivity contribution in [2.45, 2.75) is 6.92 Å². The van der Waals surface area contributed by atoms with Crippen molar-refractivity contribution in [2.24, 2.45) is 5.10 Å². The van der Waals surface area contributed by atoms with Gasteiger partial charge in [0.25, 0.3) is 17.5 Å². The molecule has 11 nitrogen and oxygen atoms in total. The number of nitro groups is 1. The van der Waals surface area contributed by atoms with Gasteiger partial charge in [-0.3, -0.25) is 19.7 Å². The Balaban J connectivity index is 1.88. The lowest BCUT2D eigenvalue weighted by molar-refractivity contribution is -0.385. The lowest BCUT2D eigenvalue weighted by atomic mass is 10.1. The number of rotatable bonds is 10. The zero-order valence-electron chi connectivity index (χ0n) is 21.0. The van der Waals surface area contributed by atoms with Crippen LogP contribution in [-0.2, 0) is 4.79 Å². The molecule has 3 rings (SSSR count). The molecule has 3 aromatic rings. The van der Waals surface area contributed by atoms with Crippen molar-refractivity contribution in [2.75, 3.05) is 25.6 Å². The fraction of sp³-hybridized carbons (Fsp3) is 0.148. The van der Waals surface area contributed by atoms with Crippen LogP contribution in [0.4, 0.5) is 11.4 Å². The van der Waals surface area contributed by atoms with Gasteiger partial charge in [0.15, 0.2) is 11.5 Å². The molecule has 0 unspecified atom stereocenters. The Hall–Kier alpha value is -5.19. The maximum Gasteiger partial charge on any atom is 0.287 e. The third-order valence-corrected chi connectivity index (χ3v) is 5.22. The number of ether oxygens (including phenoxy) is 1. The predicted octanol–water partition coefficient (Wildman–Crippen LogP) is 3.69. The number of hydrogen-bond donors (Lipinski definition) is 3. The maximum absolute atomic E-state index is 13.0. The Morgan fingerprint density at radius 1 is 1.11 bits per heavy atom. The Kier molecular flexibility index (Phi) is 9.14. The van der Waals surface area contributed by atoms with Crippen LogP contribution in [0.3, 0.4) is 0 Å². The molecule has 0 radical (unpaired) electrons. The van der Waals surface area contributed by atoms with Crippen LogP contribution >= 0.6 is 0 Å². The number of benzene rings is 3. The first-order valence-electron chi connectivity index (χ1n) is 11.5. The van der Waals surface area contributed by atoms with Crippen LogP contribution in [0.1, 0.15) is 28.4 Å². The van der Waals surface area contributed by atoms with Crippen molar-refractivity contribution in [1.29, 1.82) is 0 Å². The summed E-state index contributed by atoms with van der Waals surface area (Å²) < 4.78 is 5.25. The maximum atomic E-state index is 13.0. The van der Waals surface area contributed by atoms with Crippen LogP contribution in [0.25, 0.3) is 6.08 Å². The van der Waals surface area contributed by atoms with E-state index in [9.17, 15) is 24.8 Å². The number of anilines is 1. The van der Waals surface area contributed by atoms with Crippen molar-refractivity contribution < 1.29 is 24.4 Å². The molecule has 0 aliphatic carbocycles. The third-order valence-electron chi connectivity index (χ3n) is 5.22. The molecule has 0 saturated heterocycles. The second-order valence-electron chi connectivity index (χ2n) is 8.14. The first-order chi connectivity index (χ1) is 18.2. The van der Waals surface area contributed by atoms with Gasteiger partial charge in [-0.15, -0.1) is 0 Å². The second-order valence-corrected chi connectivity index (χ2v) is 8.14. The molecular formula is C27H27N5O6. The van der Waals surface area contributed by atoms with Gasteiger partial charge < -0.3 is 20.1 Å². The van der Waals surface area contributed by atoms with Crippen LogP contribution in [0.5, 0.6) is 11.5 Å². The fourth-order valence-corrected chi connectivity index (χ4v) is 3.28. The Morgan fingerprint density at radius 2 is 1.79 bits per heavy atom. The lowest BCUT2D eigenvalue weighted by Gasteiger charge is -2.13. The number of non-ortho nitro benzene ring substituents is 1. The number of nitrogens with zero attached hydrogens (tertiary/aromatic N) is 3. The summed E-state index contributed by atoms with van der Waals surface area (Å²) in [6.07, 6.45) is 2.54. The van der Waals surface area contributed by atoms with E-state index in [-0.39, 0.29) is 35.1 Å². The van der Waals surface area contributed by atoms with Crippen LogP contribution in [0, 0.1) is 10.1 Å². The summed E-state index contributed by atoms with van der Waals surface area (Å²) in [5.41, 5.74) is 3.78. The van der Waals surface area contributed by atoms with Gasteiger partial charge in [0, 0.05) is 37.0 Å². The summed E-state index contributed by atoms with van der Waals surface area (Å²) in [5.74, 6) is -1.72. The summed E-state index contributed by atoms with van der Waals surface area (Å²) in [6, 6.07) is 17.9. The van der Waals surface area contributed by atoms with Crippen LogP contribution in [-0.4, -0.2) is 48.8 Å². The molecule has 0 atom stereocenters. The van der Waals surface area contributed by atoms with Crippen molar-refractivity contribution in [3.05, 3.63) is 99.2 Å². The Morgan fingerprint density at radius 3 is 2.39 bits per heavy atom. The SMILES string of the molecule is CCOc1cc([N+](=O)[O-])cc(C=NNC(=O)C(=Cc2ccc(N(C)C)cc2)NC(=O)c2ccccc2)c1O. The highest BCUT2D eigenvalue weighted by Gasteiger charge is 2.17. The molecule has 0 aliphatic heterocycles. The first kappa shape index (κ1) is 27.4. The zero-order chi connectivity index (χ0) is 27.7. The van der Waals surface area contributed by atoms with Crippen molar-refractivity contribution in [3.63, 3.8) is 0 Å². The molecule has 0 saturated carbocycles. The molecule has 196 valence electrons. The Bertz CT molecular complexity index is 1370. The zero-order valence-corrected chi connectivity index (χ0v) is 21.0. The molecule has 38 heavy (non-hydrogen) atoms. The fourth-order valence-electron chi connectivity index (χ4n) is 3.28. The molecule has 11 heteroatoms. The van der Waals surface area contributed by atoms with Crippen molar-refractivity contribution in [1.82, 2.24) is 10.7 Å². The van der Waals surface area contributed by atoms with Gasteiger partial charge in [-0.05, 0) is 42.8 Å². The summed E-state index contributed by atoms with van der Waals surface area (Å²) in [5, 5.41) is 28.0. The molecule has 0 aliphatic rings. The minimum absolute atomic E-state index is 0.0407. The predicted molar refractivity (Wildman–Crippen MR) is 144 cm³/mol. The average Bonchev–Trinajstić information content (AvgIpc) is 2.90. The van der Waals surface area contributed by atoms with Gasteiger partial charge in [0.05, 0.1) is 23.8 Å². The molecule has 2 amide bonds. The number of amides is 2. The van der Waals surface area contributed by atoms with Gasteiger partial charge >= 0.3 is 0 Å². The van der Waals surface area contributed by atoms with Crippen molar-refractivity contribution in [3.8, 4) is 11.5 Å². The monoisotopic (exact) mass is 517 g/mol. The number of hydrogen-bond acceptors (Lipinski definition) is 8. The first-order valence-corrected chi connectivity index (χ1v) is 11.5. The molecular weight excluding hydrogens is 490 g/mol. The van der Waals surface area contributed by atoms with Gasteiger partial charge in [0.1, 0.15) is 5.70 Å². The van der Waals surface area contributed by atoms with Crippen LogP contribution < -0.4 is 20.4 Å². The number of carbonyl (C=O) groups is 2. The molecule has 0 aromatic heterocycles. The molecule has 0 heterocycles. The molecule has 3 aromatic carbocycles. The number of aromatic hydroxyl groups is 1.